The Balaban J connectivity index is 0.000000280. The fourth-order valence-electron chi connectivity index (χ4n) is 8.49. The maximum absolute atomic E-state index is 11.7. The molecule has 7 rings (SSSR count). The van der Waals surface area contributed by atoms with E-state index in [2.05, 4.69) is 117 Å². The van der Waals surface area contributed by atoms with Crippen LogP contribution in [-0.4, -0.2) is 27.3 Å². The number of carbonyl (C=O) groups is 1. The Labute approximate surface area is 325 Å². The van der Waals surface area contributed by atoms with E-state index in [-0.39, 0.29) is 61.9 Å². The summed E-state index contributed by atoms with van der Waals surface area (Å²) in [5, 5.41) is 12.4. The molecule has 5 nitrogen and oxygen atoms in total. The Bertz CT molecular complexity index is 2070. The molecule has 0 bridgehead atoms. The molecule has 5 aromatic rings. The van der Waals surface area contributed by atoms with Crippen LogP contribution in [0, 0.1) is 37.5 Å². The molecule has 2 aromatic heterocycles. The van der Waals surface area contributed by atoms with Gasteiger partial charge in [-0.15, -0.1) is 6.07 Å². The Morgan fingerprint density at radius 2 is 1.48 bits per heavy atom. The van der Waals surface area contributed by atoms with Gasteiger partial charge in [0.25, 0.3) is 0 Å². The number of rotatable bonds is 9. The summed E-state index contributed by atoms with van der Waals surface area (Å²) in [7, 11) is 0. The second-order valence-electron chi connectivity index (χ2n) is 15.8. The van der Waals surface area contributed by atoms with E-state index in [4.69, 9.17) is 4.98 Å². The molecule has 7 heteroatoms. The first kappa shape index (κ1) is 39.4. The van der Waals surface area contributed by atoms with Gasteiger partial charge in [-0.05, 0) is 68.5 Å². The molecule has 0 aliphatic carbocycles. The number of fused-ring (bicyclic) bond motifs is 7. The molecule has 3 aromatic carbocycles. The van der Waals surface area contributed by atoms with Gasteiger partial charge < -0.3 is 14.4 Å². The third-order valence-electron chi connectivity index (χ3n) is 11.1. The van der Waals surface area contributed by atoms with Crippen LogP contribution in [0.1, 0.15) is 108 Å². The Hall–Kier alpha value is -3.80. The summed E-state index contributed by atoms with van der Waals surface area (Å²) in [6, 6.07) is 24.8. The van der Waals surface area contributed by atoms with Gasteiger partial charge in [0, 0.05) is 66.5 Å². The van der Waals surface area contributed by atoms with Crippen LogP contribution in [0.25, 0.3) is 21.8 Å². The number of aliphatic hydroxyl groups is 1. The van der Waals surface area contributed by atoms with Gasteiger partial charge in [0.15, 0.2) is 5.78 Å². The van der Waals surface area contributed by atoms with Gasteiger partial charge in [0.1, 0.15) is 0 Å². The number of para-hydroxylation sites is 2. The summed E-state index contributed by atoms with van der Waals surface area (Å²) in [4.78, 5) is 19.4. The van der Waals surface area contributed by atoms with Crippen molar-refractivity contribution in [2.24, 2.45) is 17.3 Å². The SMILES string of the molecule is CCC(CC)C(=O)/C=C(\O)C(CC)CC.Cc1cccc(C)c1B1N2c3ccccc3[CH-]C2c2nccc3c4cccc(CC(C)(C)C)c4n1c23.[Ir]. The monoisotopic (exact) mass is 873 g/mol. The molecule has 0 fully saturated rings. The van der Waals surface area contributed by atoms with Gasteiger partial charge >= 0.3 is 6.98 Å². The van der Waals surface area contributed by atoms with Crippen molar-refractivity contribution in [3.63, 3.8) is 0 Å². The summed E-state index contributed by atoms with van der Waals surface area (Å²) < 4.78 is 2.63. The summed E-state index contributed by atoms with van der Waals surface area (Å²) >= 11 is 0. The van der Waals surface area contributed by atoms with E-state index >= 15 is 0 Å². The van der Waals surface area contributed by atoms with Crippen LogP contribution < -0.4 is 10.3 Å². The molecule has 2 aliphatic rings. The van der Waals surface area contributed by atoms with Crippen molar-refractivity contribution in [2.75, 3.05) is 4.81 Å². The predicted molar refractivity (Wildman–Crippen MR) is 216 cm³/mol. The van der Waals surface area contributed by atoms with Gasteiger partial charge in [-0.1, -0.05) is 114 Å². The molecular formula is C45H55BIrN3O2-. The van der Waals surface area contributed by atoms with Gasteiger partial charge in [-0.25, -0.2) is 0 Å². The van der Waals surface area contributed by atoms with E-state index in [1.807, 2.05) is 33.9 Å². The van der Waals surface area contributed by atoms with Gasteiger partial charge in [-0.2, -0.15) is 18.1 Å². The van der Waals surface area contributed by atoms with E-state index < -0.39 is 0 Å². The number of nitrogens with zero attached hydrogens (tertiary/aromatic N) is 3. The zero-order chi connectivity index (χ0) is 36.6. The van der Waals surface area contributed by atoms with Crippen molar-refractivity contribution in [3.8, 4) is 0 Å². The van der Waals surface area contributed by atoms with E-state index in [0.717, 1.165) is 37.8 Å². The number of benzene rings is 3. The minimum Gasteiger partial charge on any atom is -0.512 e. The second kappa shape index (κ2) is 16.1. The Morgan fingerprint density at radius 3 is 2.12 bits per heavy atom. The average molecular weight is 873 g/mol. The van der Waals surface area contributed by atoms with Crippen LogP contribution in [0.2, 0.25) is 0 Å². The van der Waals surface area contributed by atoms with Crippen LogP contribution in [0.3, 0.4) is 0 Å². The third-order valence-corrected chi connectivity index (χ3v) is 11.1. The van der Waals surface area contributed by atoms with E-state index in [0.29, 0.717) is 0 Å². The molecule has 1 atom stereocenters. The Morgan fingerprint density at radius 1 is 0.865 bits per heavy atom. The minimum atomic E-state index is 0. The van der Waals surface area contributed by atoms with E-state index in [1.165, 1.54) is 61.3 Å². The molecule has 1 radical (unpaired) electrons. The first-order valence-electron chi connectivity index (χ1n) is 19.1. The second-order valence-corrected chi connectivity index (χ2v) is 15.8. The number of aryl methyl sites for hydroxylation is 2. The minimum absolute atomic E-state index is 0. The van der Waals surface area contributed by atoms with Crippen molar-refractivity contribution in [1.29, 1.82) is 0 Å². The first-order chi connectivity index (χ1) is 24.4. The molecule has 1 N–H and O–H groups in total. The van der Waals surface area contributed by atoms with E-state index in [9.17, 15) is 9.90 Å². The van der Waals surface area contributed by atoms with E-state index in [1.54, 1.807) is 0 Å². The first-order valence-corrected chi connectivity index (χ1v) is 19.1. The number of pyridine rings is 1. The number of hydrogen-bond donors (Lipinski definition) is 1. The number of allylic oxidation sites excluding steroid dienone is 2. The fourth-order valence-corrected chi connectivity index (χ4v) is 8.49. The quantitative estimate of drug-likeness (QED) is 0.0694. The van der Waals surface area contributed by atoms with Gasteiger partial charge in [0.2, 0.25) is 0 Å². The molecular weight excluding hydrogens is 818 g/mol. The number of ketones is 1. The molecule has 52 heavy (non-hydrogen) atoms. The molecule has 2 aliphatic heterocycles. The number of aliphatic hydroxyl groups excluding tert-OH is 1. The number of aromatic nitrogens is 2. The molecule has 275 valence electrons. The molecule has 4 heterocycles. The molecule has 1 unspecified atom stereocenters. The van der Waals surface area contributed by atoms with Crippen molar-refractivity contribution in [2.45, 2.75) is 100 Å². The van der Waals surface area contributed by atoms with Crippen LogP contribution in [0.5, 0.6) is 0 Å². The topological polar surface area (TPSA) is 58.4 Å². The zero-order valence-corrected chi connectivity index (χ0v) is 34.9. The maximum atomic E-state index is 11.7. The third kappa shape index (κ3) is 7.24. The van der Waals surface area contributed by atoms with Crippen molar-refractivity contribution in [1.82, 2.24) is 9.46 Å². The van der Waals surface area contributed by atoms with Crippen LogP contribution in [-0.2, 0) is 31.3 Å². The number of anilines is 1. The number of carbonyl (C=O) groups excluding carboxylic acids is 1. The molecule has 0 amide bonds. The summed E-state index contributed by atoms with van der Waals surface area (Å²) in [5.74, 6) is 0.547. The maximum Gasteiger partial charge on any atom is 0.404 e. The van der Waals surface area contributed by atoms with Crippen molar-refractivity contribution < 1.29 is 30.0 Å². The van der Waals surface area contributed by atoms with Gasteiger partial charge in [-0.3, -0.25) is 9.78 Å². The smallest absolute Gasteiger partial charge is 0.404 e. The van der Waals surface area contributed by atoms with Crippen LogP contribution >= 0.6 is 0 Å². The zero-order valence-electron chi connectivity index (χ0n) is 32.5. The summed E-state index contributed by atoms with van der Waals surface area (Å²) in [5.41, 5.74) is 12.0. The average Bonchev–Trinajstić information content (AvgIpc) is 3.65. The fraction of sp³-hybridized carbons (Fsp3) is 0.400. The molecule has 0 saturated carbocycles. The predicted octanol–water partition coefficient (Wildman–Crippen LogP) is 10.6. The summed E-state index contributed by atoms with van der Waals surface area (Å²) in [6.07, 6.45) is 10.3. The van der Waals surface area contributed by atoms with Crippen LogP contribution in [0.15, 0.2) is 84.8 Å². The Kier molecular flexibility index (Phi) is 12.2. The molecule has 0 spiro atoms. The van der Waals surface area contributed by atoms with Crippen LogP contribution in [0.4, 0.5) is 5.69 Å². The normalized spacial score (nSPS) is 15.0. The van der Waals surface area contributed by atoms with Crippen molar-refractivity contribution in [3.05, 3.63) is 119 Å². The molecule has 0 saturated heterocycles. The number of hydrogen-bond acceptors (Lipinski definition) is 4. The largest absolute Gasteiger partial charge is 0.512 e. The summed E-state index contributed by atoms with van der Waals surface area (Å²) in [6.45, 7) is 19.7. The van der Waals surface area contributed by atoms with Crippen molar-refractivity contribution >= 4 is 45.7 Å². The standard InChI is InChI=1S/C32H31BN3.C13H24O2.Ir/c1-20-10-8-11-21(2)28(20)33-35-26-15-7-6-12-22(26)18-27(35)29-31-25(16-17-34-29)24-14-9-13-23(19-32(3,4)5)30(24)36(31)33;1-5-10(6-2)12(14)9-13(15)11(7-3)8-4;/h6-18,27H,19H2,1-5H3;9-11,14H,5-8H2,1-4H3;/q-1;;/b;12-9-;. The van der Waals surface area contributed by atoms with Gasteiger partial charge in [0.05, 0.1) is 17.0 Å².